The molecule has 0 saturated heterocycles. The molecule has 0 aliphatic rings. The summed E-state index contributed by atoms with van der Waals surface area (Å²) in [7, 11) is 0. The zero-order chi connectivity index (χ0) is 34.2. The maximum atomic E-state index is 12.9. The molecular formula is C41H68O6. The summed E-state index contributed by atoms with van der Waals surface area (Å²) in [5.41, 5.74) is 0.525. The minimum Gasteiger partial charge on any atom is -0.478 e. The zero-order valence-electron chi connectivity index (χ0n) is 30.2. The van der Waals surface area contributed by atoms with Crippen LogP contribution < -0.4 is 0 Å². The largest absolute Gasteiger partial charge is 0.478 e. The van der Waals surface area contributed by atoms with E-state index in [4.69, 9.17) is 9.47 Å². The van der Waals surface area contributed by atoms with Gasteiger partial charge in [0.25, 0.3) is 0 Å². The van der Waals surface area contributed by atoms with E-state index < -0.39 is 17.9 Å². The van der Waals surface area contributed by atoms with E-state index in [9.17, 15) is 19.5 Å². The number of aromatic carboxylic acids is 1. The lowest BCUT2D eigenvalue weighted by Crippen LogP contribution is -2.19. The van der Waals surface area contributed by atoms with Crippen LogP contribution in [0.1, 0.15) is 197 Å². The molecule has 0 aromatic heterocycles. The van der Waals surface area contributed by atoms with Gasteiger partial charge in [-0.05, 0) is 36.6 Å². The van der Waals surface area contributed by atoms with Gasteiger partial charge < -0.3 is 14.6 Å². The lowest BCUT2D eigenvalue weighted by molar-refractivity contribution is -0.147. The van der Waals surface area contributed by atoms with E-state index in [1.54, 1.807) is 12.1 Å². The van der Waals surface area contributed by atoms with E-state index in [0.717, 1.165) is 38.5 Å². The highest BCUT2D eigenvalue weighted by molar-refractivity contribution is 6.17. The molecule has 0 amide bonds. The summed E-state index contributed by atoms with van der Waals surface area (Å²) in [6.45, 7) is 5.03. The normalized spacial score (nSPS) is 10.9. The number of ether oxygens (including phenoxy) is 2. The average molecular weight is 657 g/mol. The number of carbonyl (C=O) groups excluding carboxylic acids is 2. The van der Waals surface area contributed by atoms with Crippen molar-refractivity contribution in [1.29, 1.82) is 0 Å². The number of carboxylic acid groups (broad SMARTS) is 1. The molecule has 0 radical (unpaired) electrons. The summed E-state index contributed by atoms with van der Waals surface area (Å²) < 4.78 is 11.0. The molecule has 6 heteroatoms. The molecule has 1 aromatic carbocycles. The van der Waals surface area contributed by atoms with E-state index in [0.29, 0.717) is 5.56 Å². The predicted octanol–water partition coefficient (Wildman–Crippen LogP) is 12.0. The van der Waals surface area contributed by atoms with Crippen LogP contribution in [0.4, 0.5) is 0 Å². The Kier molecular flexibility index (Phi) is 27.7. The van der Waals surface area contributed by atoms with Gasteiger partial charge in [0.2, 0.25) is 0 Å². The van der Waals surface area contributed by atoms with Crippen LogP contribution in [0.25, 0.3) is 6.08 Å². The molecule has 0 atom stereocenters. The van der Waals surface area contributed by atoms with Crippen molar-refractivity contribution in [2.24, 2.45) is 0 Å². The van der Waals surface area contributed by atoms with Gasteiger partial charge in [-0.3, -0.25) is 0 Å². The zero-order valence-corrected chi connectivity index (χ0v) is 30.2. The Morgan fingerprint density at radius 1 is 0.489 bits per heavy atom. The molecule has 47 heavy (non-hydrogen) atoms. The molecule has 268 valence electrons. The van der Waals surface area contributed by atoms with Crippen LogP contribution >= 0.6 is 0 Å². The third-order valence-electron chi connectivity index (χ3n) is 8.87. The van der Waals surface area contributed by atoms with E-state index >= 15 is 0 Å². The highest BCUT2D eigenvalue weighted by Gasteiger charge is 2.22. The van der Waals surface area contributed by atoms with Gasteiger partial charge >= 0.3 is 17.9 Å². The molecule has 0 spiro atoms. The molecule has 0 aliphatic carbocycles. The Labute approximate surface area is 287 Å². The van der Waals surface area contributed by atoms with Crippen LogP contribution in [0.15, 0.2) is 29.8 Å². The summed E-state index contributed by atoms with van der Waals surface area (Å²) in [6, 6.07) is 6.04. The molecule has 6 nitrogen and oxygen atoms in total. The summed E-state index contributed by atoms with van der Waals surface area (Å²) in [5, 5.41) is 9.18. The molecule has 0 saturated carbocycles. The van der Waals surface area contributed by atoms with Crippen LogP contribution in [-0.2, 0) is 19.1 Å². The van der Waals surface area contributed by atoms with E-state index in [-0.39, 0.29) is 24.4 Å². The third kappa shape index (κ3) is 24.2. The first-order valence-corrected chi connectivity index (χ1v) is 19.4. The second-order valence-corrected chi connectivity index (χ2v) is 13.2. The van der Waals surface area contributed by atoms with Crippen LogP contribution in [0.2, 0.25) is 0 Å². The molecule has 0 bridgehead atoms. The topological polar surface area (TPSA) is 89.9 Å². The fourth-order valence-electron chi connectivity index (χ4n) is 5.81. The Bertz CT molecular complexity index is 905. The van der Waals surface area contributed by atoms with Crippen molar-refractivity contribution in [3.05, 3.63) is 41.0 Å². The fraction of sp³-hybridized carbons (Fsp3) is 0.732. The van der Waals surface area contributed by atoms with Gasteiger partial charge in [0.1, 0.15) is 5.57 Å². The summed E-state index contributed by atoms with van der Waals surface area (Å²) in [6.07, 6.45) is 33.6. The first-order chi connectivity index (χ1) is 23.0. The predicted molar refractivity (Wildman–Crippen MR) is 195 cm³/mol. The number of hydrogen-bond acceptors (Lipinski definition) is 5. The van der Waals surface area contributed by atoms with Crippen molar-refractivity contribution in [2.75, 3.05) is 13.2 Å². The van der Waals surface area contributed by atoms with Crippen molar-refractivity contribution >= 4 is 24.0 Å². The first-order valence-electron chi connectivity index (χ1n) is 19.4. The molecule has 0 aliphatic heterocycles. The Balaban J connectivity index is 2.34. The highest BCUT2D eigenvalue weighted by Crippen LogP contribution is 2.16. The minimum absolute atomic E-state index is 0.138. The quantitative estimate of drug-likeness (QED) is 0.0273. The Morgan fingerprint density at radius 2 is 0.787 bits per heavy atom. The van der Waals surface area contributed by atoms with E-state index in [1.165, 1.54) is 147 Å². The number of benzene rings is 1. The van der Waals surface area contributed by atoms with Crippen LogP contribution in [0.3, 0.4) is 0 Å². The Morgan fingerprint density at radius 3 is 1.09 bits per heavy atom. The molecule has 1 N–H and O–H groups in total. The lowest BCUT2D eigenvalue weighted by Gasteiger charge is -2.10. The van der Waals surface area contributed by atoms with Gasteiger partial charge in [0, 0.05) is 0 Å². The SMILES string of the molecule is CCCCCCCCCCCCCCCOC(=O)C(=Cc1ccc(C(=O)O)cc1)C(=O)OCCCCCCCCCCCCCCC. The number of esters is 2. The van der Waals surface area contributed by atoms with Gasteiger partial charge in [0.15, 0.2) is 0 Å². The van der Waals surface area contributed by atoms with Gasteiger partial charge in [-0.25, -0.2) is 14.4 Å². The molecule has 1 aromatic rings. The second-order valence-electron chi connectivity index (χ2n) is 13.2. The number of carbonyl (C=O) groups is 3. The monoisotopic (exact) mass is 657 g/mol. The van der Waals surface area contributed by atoms with E-state index in [1.807, 2.05) is 0 Å². The van der Waals surface area contributed by atoms with Gasteiger partial charge in [-0.15, -0.1) is 0 Å². The van der Waals surface area contributed by atoms with E-state index in [2.05, 4.69) is 13.8 Å². The second kappa shape index (κ2) is 30.7. The molecular weight excluding hydrogens is 588 g/mol. The Hall–Kier alpha value is -2.63. The number of rotatable bonds is 32. The lowest BCUT2D eigenvalue weighted by atomic mass is 10.0. The first kappa shape index (κ1) is 42.4. The molecule has 0 heterocycles. The number of hydrogen-bond donors (Lipinski definition) is 1. The van der Waals surface area contributed by atoms with Crippen molar-refractivity contribution in [3.8, 4) is 0 Å². The van der Waals surface area contributed by atoms with Gasteiger partial charge in [-0.1, -0.05) is 180 Å². The molecule has 0 unspecified atom stereocenters. The van der Waals surface area contributed by atoms with Gasteiger partial charge in [0.05, 0.1) is 18.8 Å². The standard InChI is InChI=1S/C41H68O6/c1-3-5-7-9-11-13-15-17-19-21-23-25-27-33-46-40(44)38(35-36-29-31-37(32-30-36)39(42)43)41(45)47-34-28-26-24-22-20-18-16-14-12-10-8-6-4-2/h29-32,35H,3-28,33-34H2,1-2H3,(H,42,43). The summed E-state index contributed by atoms with van der Waals surface area (Å²) >= 11 is 0. The summed E-state index contributed by atoms with van der Waals surface area (Å²) in [4.78, 5) is 37.1. The molecule has 0 fully saturated rings. The van der Waals surface area contributed by atoms with Crippen LogP contribution in [0, 0.1) is 0 Å². The highest BCUT2D eigenvalue weighted by atomic mass is 16.6. The van der Waals surface area contributed by atoms with Crippen molar-refractivity contribution < 1.29 is 29.0 Å². The number of carboxylic acids is 1. The summed E-state index contributed by atoms with van der Waals surface area (Å²) in [5.74, 6) is -2.42. The van der Waals surface area contributed by atoms with Crippen LogP contribution in [-0.4, -0.2) is 36.2 Å². The van der Waals surface area contributed by atoms with Crippen molar-refractivity contribution in [3.63, 3.8) is 0 Å². The minimum atomic E-state index is -1.03. The van der Waals surface area contributed by atoms with Crippen molar-refractivity contribution in [2.45, 2.75) is 181 Å². The molecule has 1 rings (SSSR count). The maximum Gasteiger partial charge on any atom is 0.345 e. The fourth-order valence-corrected chi connectivity index (χ4v) is 5.81. The number of unbranched alkanes of at least 4 members (excludes halogenated alkanes) is 24. The maximum absolute atomic E-state index is 12.9. The van der Waals surface area contributed by atoms with Crippen LogP contribution in [0.5, 0.6) is 0 Å². The smallest absolute Gasteiger partial charge is 0.345 e. The van der Waals surface area contributed by atoms with Gasteiger partial charge in [-0.2, -0.15) is 0 Å². The average Bonchev–Trinajstić information content (AvgIpc) is 3.07. The third-order valence-corrected chi connectivity index (χ3v) is 8.87. The van der Waals surface area contributed by atoms with Crippen molar-refractivity contribution in [1.82, 2.24) is 0 Å².